The molecule has 2 saturated heterocycles. The molecule has 2 aliphatic heterocycles. The standard InChI is InChI=1S/C11H16N2O3S2/c1-2-13-8-5-18(15,16)6-9(8)17-11(13)12-10(14)7-3-4-7/h7-9H,2-6H2,1H3/t8-,9-/m0/s1. The molecule has 1 aliphatic carbocycles. The molecule has 0 unspecified atom stereocenters. The highest BCUT2D eigenvalue weighted by molar-refractivity contribution is 8.15. The number of rotatable bonds is 2. The first-order chi connectivity index (χ1) is 8.50. The zero-order chi connectivity index (χ0) is 12.9. The van der Waals surface area contributed by atoms with Crippen LogP contribution in [0.5, 0.6) is 0 Å². The normalized spacial score (nSPS) is 36.1. The van der Waals surface area contributed by atoms with E-state index in [-0.39, 0.29) is 34.6 Å². The molecule has 1 amide bonds. The second kappa shape index (κ2) is 4.23. The van der Waals surface area contributed by atoms with Gasteiger partial charge in [-0.2, -0.15) is 4.99 Å². The van der Waals surface area contributed by atoms with E-state index < -0.39 is 9.84 Å². The molecule has 3 rings (SSSR count). The van der Waals surface area contributed by atoms with Crippen LogP contribution in [-0.2, 0) is 14.6 Å². The van der Waals surface area contributed by atoms with Crippen LogP contribution >= 0.6 is 11.8 Å². The van der Waals surface area contributed by atoms with Gasteiger partial charge in [0.15, 0.2) is 15.0 Å². The van der Waals surface area contributed by atoms with Crippen molar-refractivity contribution in [2.45, 2.75) is 31.1 Å². The van der Waals surface area contributed by atoms with Crippen LogP contribution in [0.3, 0.4) is 0 Å². The van der Waals surface area contributed by atoms with Gasteiger partial charge in [-0.3, -0.25) is 4.79 Å². The fourth-order valence-electron chi connectivity index (χ4n) is 2.52. The summed E-state index contributed by atoms with van der Waals surface area (Å²) in [7, 11) is -2.91. The summed E-state index contributed by atoms with van der Waals surface area (Å²) in [6, 6.07) is 0.00996. The lowest BCUT2D eigenvalue weighted by molar-refractivity contribution is -0.118. The van der Waals surface area contributed by atoms with Gasteiger partial charge in [0.05, 0.1) is 17.5 Å². The van der Waals surface area contributed by atoms with Gasteiger partial charge >= 0.3 is 0 Å². The van der Waals surface area contributed by atoms with Crippen molar-refractivity contribution in [3.8, 4) is 0 Å². The highest BCUT2D eigenvalue weighted by Crippen LogP contribution is 2.39. The molecule has 5 nitrogen and oxygen atoms in total. The van der Waals surface area contributed by atoms with E-state index in [1.54, 1.807) is 0 Å². The topological polar surface area (TPSA) is 66.8 Å². The molecule has 0 bridgehead atoms. The van der Waals surface area contributed by atoms with Gasteiger partial charge in [0.1, 0.15) is 0 Å². The molecule has 0 radical (unpaired) electrons. The van der Waals surface area contributed by atoms with E-state index in [1.165, 1.54) is 11.8 Å². The van der Waals surface area contributed by atoms with E-state index in [0.29, 0.717) is 6.54 Å². The Morgan fingerprint density at radius 1 is 1.44 bits per heavy atom. The SMILES string of the molecule is CCN1C(=NC(=O)C2CC2)S[C@H]2CS(=O)(=O)C[C@@H]21. The van der Waals surface area contributed by atoms with Crippen LogP contribution in [-0.4, -0.2) is 53.7 Å². The Morgan fingerprint density at radius 2 is 2.17 bits per heavy atom. The number of sulfone groups is 1. The van der Waals surface area contributed by atoms with Crippen LogP contribution in [0.2, 0.25) is 0 Å². The van der Waals surface area contributed by atoms with Crippen LogP contribution in [0, 0.1) is 5.92 Å². The van der Waals surface area contributed by atoms with Gasteiger partial charge in [-0.1, -0.05) is 11.8 Å². The zero-order valence-electron chi connectivity index (χ0n) is 10.2. The molecule has 0 N–H and O–H groups in total. The third-order valence-electron chi connectivity index (χ3n) is 3.65. The predicted octanol–water partition coefficient (Wildman–Crippen LogP) is 0.513. The van der Waals surface area contributed by atoms with Gasteiger partial charge in [0.25, 0.3) is 5.91 Å². The van der Waals surface area contributed by atoms with Crippen molar-refractivity contribution in [1.29, 1.82) is 0 Å². The Balaban J connectivity index is 1.81. The molecule has 0 aromatic rings. The second-order valence-electron chi connectivity index (χ2n) is 5.09. The summed E-state index contributed by atoms with van der Waals surface area (Å²) < 4.78 is 23.2. The number of carbonyl (C=O) groups excluding carboxylic acids is 1. The first kappa shape index (κ1) is 12.5. The Labute approximate surface area is 111 Å². The summed E-state index contributed by atoms with van der Waals surface area (Å²) in [5.74, 6) is 0.518. The quantitative estimate of drug-likeness (QED) is 0.741. The molecule has 1 saturated carbocycles. The van der Waals surface area contributed by atoms with Crippen molar-refractivity contribution in [3.05, 3.63) is 0 Å². The molecular formula is C11H16N2O3S2. The summed E-state index contributed by atoms with van der Waals surface area (Å²) in [6.07, 6.45) is 1.90. The molecule has 0 spiro atoms. The van der Waals surface area contributed by atoms with Crippen LogP contribution in [0.15, 0.2) is 4.99 Å². The van der Waals surface area contributed by atoms with Gasteiger partial charge in [-0.25, -0.2) is 8.42 Å². The number of hydrogen-bond acceptors (Lipinski definition) is 4. The smallest absolute Gasteiger partial charge is 0.251 e. The minimum absolute atomic E-state index is 0.00996. The maximum atomic E-state index is 11.7. The van der Waals surface area contributed by atoms with E-state index in [2.05, 4.69) is 4.99 Å². The lowest BCUT2D eigenvalue weighted by atomic mass is 10.2. The van der Waals surface area contributed by atoms with Crippen LogP contribution < -0.4 is 0 Å². The summed E-state index contributed by atoms with van der Waals surface area (Å²) in [5, 5.41) is 0.792. The summed E-state index contributed by atoms with van der Waals surface area (Å²) >= 11 is 1.47. The van der Waals surface area contributed by atoms with Gasteiger partial charge in [-0.05, 0) is 19.8 Å². The average Bonchev–Trinajstić information content (AvgIpc) is 3.01. The number of carbonyl (C=O) groups is 1. The second-order valence-corrected chi connectivity index (χ2v) is 8.45. The minimum atomic E-state index is -2.91. The maximum Gasteiger partial charge on any atom is 0.251 e. The van der Waals surface area contributed by atoms with Crippen molar-refractivity contribution in [1.82, 2.24) is 4.90 Å². The van der Waals surface area contributed by atoms with Crippen molar-refractivity contribution < 1.29 is 13.2 Å². The van der Waals surface area contributed by atoms with E-state index in [1.807, 2.05) is 11.8 Å². The molecule has 3 aliphatic rings. The van der Waals surface area contributed by atoms with Crippen molar-refractivity contribution in [2.75, 3.05) is 18.1 Å². The summed E-state index contributed by atoms with van der Waals surface area (Å²) in [4.78, 5) is 17.9. The lowest BCUT2D eigenvalue weighted by Crippen LogP contribution is -2.37. The summed E-state index contributed by atoms with van der Waals surface area (Å²) in [6.45, 7) is 2.69. The number of fused-ring (bicyclic) bond motifs is 1. The summed E-state index contributed by atoms with van der Waals surface area (Å²) in [5.41, 5.74) is 0. The van der Waals surface area contributed by atoms with Crippen molar-refractivity contribution in [2.24, 2.45) is 10.9 Å². The Hall–Kier alpha value is -0.560. The number of hydrogen-bond donors (Lipinski definition) is 0. The molecule has 0 aromatic carbocycles. The molecule has 0 aromatic heterocycles. The first-order valence-corrected chi connectivity index (χ1v) is 8.96. The van der Waals surface area contributed by atoms with E-state index >= 15 is 0 Å². The van der Waals surface area contributed by atoms with Crippen molar-refractivity contribution in [3.63, 3.8) is 0 Å². The highest BCUT2D eigenvalue weighted by atomic mass is 32.2. The Kier molecular flexibility index (Phi) is 2.93. The van der Waals surface area contributed by atoms with Gasteiger partial charge in [0, 0.05) is 17.7 Å². The van der Waals surface area contributed by atoms with Gasteiger partial charge in [0.2, 0.25) is 0 Å². The van der Waals surface area contributed by atoms with Gasteiger partial charge in [-0.15, -0.1) is 0 Å². The molecule has 7 heteroatoms. The third-order valence-corrected chi connectivity index (χ3v) is 6.90. The number of amidine groups is 1. The molecule has 2 heterocycles. The number of thioether (sulfide) groups is 1. The molecule has 18 heavy (non-hydrogen) atoms. The minimum Gasteiger partial charge on any atom is -0.346 e. The first-order valence-electron chi connectivity index (χ1n) is 6.26. The van der Waals surface area contributed by atoms with Crippen LogP contribution in [0.1, 0.15) is 19.8 Å². The maximum absolute atomic E-state index is 11.7. The van der Waals surface area contributed by atoms with Crippen molar-refractivity contribution >= 4 is 32.7 Å². The van der Waals surface area contributed by atoms with E-state index in [0.717, 1.165) is 18.0 Å². The molecule has 3 fully saturated rings. The predicted molar refractivity (Wildman–Crippen MR) is 71.4 cm³/mol. The Morgan fingerprint density at radius 3 is 2.78 bits per heavy atom. The molecular weight excluding hydrogens is 272 g/mol. The fourth-order valence-corrected chi connectivity index (χ4v) is 6.54. The van der Waals surface area contributed by atoms with Crippen LogP contribution in [0.4, 0.5) is 0 Å². The van der Waals surface area contributed by atoms with E-state index in [4.69, 9.17) is 0 Å². The average molecular weight is 288 g/mol. The number of nitrogens with zero attached hydrogens (tertiary/aromatic N) is 2. The fraction of sp³-hybridized carbons (Fsp3) is 0.818. The zero-order valence-corrected chi connectivity index (χ0v) is 11.8. The van der Waals surface area contributed by atoms with E-state index in [9.17, 15) is 13.2 Å². The van der Waals surface area contributed by atoms with Crippen LogP contribution in [0.25, 0.3) is 0 Å². The monoisotopic (exact) mass is 288 g/mol. The largest absolute Gasteiger partial charge is 0.346 e. The number of aliphatic imine (C=N–C) groups is 1. The Bertz CT molecular complexity index is 510. The third kappa shape index (κ3) is 2.18. The van der Waals surface area contributed by atoms with Gasteiger partial charge < -0.3 is 4.90 Å². The molecule has 2 atom stereocenters. The molecule has 100 valence electrons. The lowest BCUT2D eigenvalue weighted by Gasteiger charge is -2.22. The highest BCUT2D eigenvalue weighted by Gasteiger charge is 2.48. The number of amides is 1.